The molecule has 3 heterocycles. The van der Waals surface area contributed by atoms with Gasteiger partial charge >= 0.3 is 0 Å². The lowest BCUT2D eigenvalue weighted by Gasteiger charge is -2.37. The molecule has 4 aromatic rings. The number of amides is 1. The fraction of sp³-hybridized carbons (Fsp3) is 0.286. The highest BCUT2D eigenvalue weighted by molar-refractivity contribution is 7.15. The number of nitrogens with zero attached hydrogens (tertiary/aromatic N) is 3. The van der Waals surface area contributed by atoms with Crippen molar-refractivity contribution in [2.24, 2.45) is 5.41 Å². The molecule has 36 heavy (non-hydrogen) atoms. The fourth-order valence-electron chi connectivity index (χ4n) is 4.49. The van der Waals surface area contributed by atoms with E-state index in [9.17, 15) is 4.79 Å². The number of aromatic nitrogens is 3. The summed E-state index contributed by atoms with van der Waals surface area (Å²) in [6, 6.07) is 19.7. The van der Waals surface area contributed by atoms with E-state index in [1.807, 2.05) is 95.3 Å². The molecule has 2 aromatic carbocycles. The monoisotopic (exact) mass is 500 g/mol. The first-order valence-corrected chi connectivity index (χ1v) is 12.7. The summed E-state index contributed by atoms with van der Waals surface area (Å²) in [6.45, 7) is 9.74. The van der Waals surface area contributed by atoms with Gasteiger partial charge in [0.25, 0.3) is 0 Å². The van der Waals surface area contributed by atoms with Crippen LogP contribution in [0.15, 0.2) is 60.7 Å². The first-order valence-electron chi connectivity index (χ1n) is 11.9. The number of carbonyl (C=O) groups excluding carboxylic acids is 1. The molecule has 0 spiro atoms. The minimum atomic E-state index is -0.826. The van der Waals surface area contributed by atoms with Crippen molar-refractivity contribution in [2.45, 2.75) is 46.6 Å². The van der Waals surface area contributed by atoms with Crippen LogP contribution in [0.2, 0.25) is 0 Å². The predicted octanol–water partition coefficient (Wildman–Crippen LogP) is 6.60. The van der Waals surface area contributed by atoms with Crippen LogP contribution < -0.4 is 14.8 Å². The van der Waals surface area contributed by atoms with Crippen LogP contribution in [0.5, 0.6) is 17.4 Å². The normalized spacial score (nSPS) is 14.6. The fourth-order valence-corrected chi connectivity index (χ4v) is 5.07. The van der Waals surface area contributed by atoms with Crippen LogP contribution in [0.4, 0.5) is 5.13 Å². The molecular formula is C28H28N4O3S. The van der Waals surface area contributed by atoms with E-state index in [0.717, 1.165) is 33.1 Å². The molecule has 0 saturated heterocycles. The van der Waals surface area contributed by atoms with Crippen molar-refractivity contribution in [1.29, 1.82) is 0 Å². The lowest BCUT2D eigenvalue weighted by atomic mass is 9.69. The Morgan fingerprint density at radius 3 is 2.47 bits per heavy atom. The number of nitrogens with one attached hydrogen (secondary N) is 1. The smallest absolute Gasteiger partial charge is 0.232 e. The van der Waals surface area contributed by atoms with E-state index in [4.69, 9.17) is 14.5 Å². The summed E-state index contributed by atoms with van der Waals surface area (Å²) in [5.74, 6) is 1.61. The second-order valence-electron chi connectivity index (χ2n) is 9.66. The van der Waals surface area contributed by atoms with Gasteiger partial charge in [0, 0.05) is 22.6 Å². The number of fused-ring (bicyclic) bond motifs is 2. The standard InChI is InChI=1S/C28H28N4O3S/c1-16(2)34-19-12-10-18(11-13-19)22-15-14-21-24(20-8-6-7-9-23(20)35-25(21)29-22)28(4,5)26(33)30-27-32-31-17(3)36-27/h6-16,24H,1-5H3,(H,30,32,33)/t24-/m0/s1. The van der Waals surface area contributed by atoms with Crippen molar-refractivity contribution in [1.82, 2.24) is 15.2 Å². The Hall–Kier alpha value is -3.78. The Morgan fingerprint density at radius 2 is 1.78 bits per heavy atom. The van der Waals surface area contributed by atoms with E-state index < -0.39 is 5.41 Å². The zero-order valence-electron chi connectivity index (χ0n) is 20.9. The largest absolute Gasteiger partial charge is 0.491 e. The third kappa shape index (κ3) is 4.56. The van der Waals surface area contributed by atoms with Crippen molar-refractivity contribution in [3.05, 3.63) is 76.8 Å². The number of rotatable bonds is 6. The van der Waals surface area contributed by atoms with Crippen LogP contribution in [-0.2, 0) is 4.79 Å². The number of benzene rings is 2. The number of hydrogen-bond donors (Lipinski definition) is 1. The Labute approximate surface area is 214 Å². The van der Waals surface area contributed by atoms with Crippen molar-refractivity contribution in [2.75, 3.05) is 5.32 Å². The highest BCUT2D eigenvalue weighted by Crippen LogP contribution is 2.52. The Morgan fingerprint density at radius 1 is 1.03 bits per heavy atom. The molecule has 1 N–H and O–H groups in total. The number of para-hydroxylation sites is 1. The Bertz CT molecular complexity index is 1410. The zero-order chi connectivity index (χ0) is 25.4. The number of ether oxygens (including phenoxy) is 2. The first kappa shape index (κ1) is 23.9. The lowest BCUT2D eigenvalue weighted by molar-refractivity contribution is -0.124. The summed E-state index contributed by atoms with van der Waals surface area (Å²) in [5.41, 5.74) is 2.73. The van der Waals surface area contributed by atoms with Crippen LogP contribution in [-0.4, -0.2) is 27.2 Å². The molecule has 1 aliphatic heterocycles. The average molecular weight is 501 g/mol. The van der Waals surface area contributed by atoms with Crippen molar-refractivity contribution in [3.63, 3.8) is 0 Å². The molecule has 184 valence electrons. The predicted molar refractivity (Wildman–Crippen MR) is 141 cm³/mol. The second-order valence-corrected chi connectivity index (χ2v) is 10.8. The molecule has 0 aliphatic carbocycles. The quantitative estimate of drug-likeness (QED) is 0.321. The maximum Gasteiger partial charge on any atom is 0.232 e. The van der Waals surface area contributed by atoms with Crippen LogP contribution in [0, 0.1) is 12.3 Å². The van der Waals surface area contributed by atoms with Gasteiger partial charge in [-0.1, -0.05) is 49.4 Å². The summed E-state index contributed by atoms with van der Waals surface area (Å²) >= 11 is 1.35. The average Bonchev–Trinajstić information content (AvgIpc) is 3.26. The molecule has 0 saturated carbocycles. The van der Waals surface area contributed by atoms with Crippen LogP contribution >= 0.6 is 11.3 Å². The summed E-state index contributed by atoms with van der Waals surface area (Å²) in [5, 5.41) is 12.3. The van der Waals surface area contributed by atoms with Crippen molar-refractivity contribution >= 4 is 22.4 Å². The molecule has 1 aliphatic rings. The van der Waals surface area contributed by atoms with Crippen LogP contribution in [0.3, 0.4) is 0 Å². The zero-order valence-corrected chi connectivity index (χ0v) is 21.7. The third-order valence-corrected chi connectivity index (χ3v) is 6.97. The highest BCUT2D eigenvalue weighted by Gasteiger charge is 2.44. The van der Waals surface area contributed by atoms with Crippen molar-refractivity contribution < 1.29 is 14.3 Å². The number of carbonyl (C=O) groups is 1. The third-order valence-electron chi connectivity index (χ3n) is 6.21. The molecule has 8 heteroatoms. The molecule has 1 atom stereocenters. The molecule has 0 bridgehead atoms. The molecule has 0 fully saturated rings. The number of aryl methyl sites for hydroxylation is 1. The van der Waals surface area contributed by atoms with Gasteiger partial charge < -0.3 is 14.8 Å². The number of hydrogen-bond acceptors (Lipinski definition) is 7. The second kappa shape index (κ2) is 9.35. The van der Waals surface area contributed by atoms with E-state index in [1.54, 1.807) is 0 Å². The maximum absolute atomic E-state index is 13.5. The molecule has 0 unspecified atom stereocenters. The van der Waals surface area contributed by atoms with E-state index in [2.05, 4.69) is 15.5 Å². The van der Waals surface area contributed by atoms with Gasteiger partial charge in [-0.25, -0.2) is 4.98 Å². The highest BCUT2D eigenvalue weighted by atomic mass is 32.1. The molecule has 2 aromatic heterocycles. The van der Waals surface area contributed by atoms with E-state index >= 15 is 0 Å². The maximum atomic E-state index is 13.5. The minimum absolute atomic E-state index is 0.111. The van der Waals surface area contributed by atoms with Gasteiger partial charge in [0.2, 0.25) is 16.9 Å². The number of anilines is 1. The molecule has 1 amide bonds. The summed E-state index contributed by atoms with van der Waals surface area (Å²) in [4.78, 5) is 18.4. The summed E-state index contributed by atoms with van der Waals surface area (Å²) in [6.07, 6.45) is 0.111. The van der Waals surface area contributed by atoms with Gasteiger partial charge in [-0.3, -0.25) is 4.79 Å². The topological polar surface area (TPSA) is 86.2 Å². The summed E-state index contributed by atoms with van der Waals surface area (Å²) < 4.78 is 12.0. The molecule has 5 rings (SSSR count). The number of pyridine rings is 1. The Balaban J connectivity index is 1.51. The molecule has 7 nitrogen and oxygen atoms in total. The van der Waals surface area contributed by atoms with Gasteiger partial charge in [0.05, 0.1) is 17.2 Å². The van der Waals surface area contributed by atoms with Gasteiger partial charge in [0.15, 0.2) is 0 Å². The lowest BCUT2D eigenvalue weighted by Crippen LogP contribution is -2.38. The van der Waals surface area contributed by atoms with Crippen LogP contribution in [0.25, 0.3) is 11.3 Å². The summed E-state index contributed by atoms with van der Waals surface area (Å²) in [7, 11) is 0. The molecule has 0 radical (unpaired) electrons. The van der Waals surface area contributed by atoms with Gasteiger partial charge in [0.1, 0.15) is 16.5 Å². The Kier molecular flexibility index (Phi) is 6.22. The van der Waals surface area contributed by atoms with E-state index in [-0.39, 0.29) is 17.9 Å². The molecular weight excluding hydrogens is 472 g/mol. The van der Waals surface area contributed by atoms with Gasteiger partial charge in [-0.2, -0.15) is 0 Å². The van der Waals surface area contributed by atoms with Gasteiger partial charge in [-0.05, 0) is 57.2 Å². The minimum Gasteiger partial charge on any atom is -0.491 e. The van der Waals surface area contributed by atoms with Crippen molar-refractivity contribution in [3.8, 4) is 28.6 Å². The van der Waals surface area contributed by atoms with Crippen LogP contribution in [0.1, 0.15) is 49.7 Å². The van der Waals surface area contributed by atoms with E-state index in [0.29, 0.717) is 16.8 Å². The van der Waals surface area contributed by atoms with Gasteiger partial charge in [-0.15, -0.1) is 10.2 Å². The SMILES string of the molecule is Cc1nnc(NC(=O)C(C)(C)[C@H]2c3ccccc3Oc3nc(-c4ccc(OC(C)C)cc4)ccc32)s1. The first-order chi connectivity index (χ1) is 17.2. The van der Waals surface area contributed by atoms with E-state index in [1.165, 1.54) is 11.3 Å².